The number of aromatic amines is 1. The van der Waals surface area contributed by atoms with Crippen LogP contribution in [0.15, 0.2) is 12.4 Å². The van der Waals surface area contributed by atoms with Crippen LogP contribution >= 0.6 is 11.6 Å². The molecule has 2 aromatic rings. The summed E-state index contributed by atoms with van der Waals surface area (Å²) in [6.45, 7) is 4.88. The molecule has 2 rings (SSSR count). The molecule has 2 N–H and O–H groups in total. The molecule has 19 heavy (non-hydrogen) atoms. The van der Waals surface area contributed by atoms with Gasteiger partial charge in [-0.3, -0.25) is 5.10 Å². The molecule has 0 saturated carbocycles. The van der Waals surface area contributed by atoms with E-state index in [2.05, 4.69) is 30.5 Å². The molecule has 0 bridgehead atoms. The van der Waals surface area contributed by atoms with Gasteiger partial charge in [-0.05, 0) is 6.42 Å². The summed E-state index contributed by atoms with van der Waals surface area (Å²) in [6.07, 6.45) is 3.30. The lowest BCUT2D eigenvalue weighted by atomic mass is 10.2. The van der Waals surface area contributed by atoms with Gasteiger partial charge in [0.2, 0.25) is 0 Å². The number of anilines is 1. The zero-order chi connectivity index (χ0) is 13.7. The van der Waals surface area contributed by atoms with Crippen LogP contribution in [-0.4, -0.2) is 31.7 Å². The van der Waals surface area contributed by atoms with E-state index in [1.165, 1.54) is 6.33 Å². The maximum Gasteiger partial charge on any atom is 0.137 e. The predicted octanol–water partition coefficient (Wildman–Crippen LogP) is 2.42. The third-order valence-corrected chi connectivity index (χ3v) is 2.78. The largest absolute Gasteiger partial charge is 0.370 e. The van der Waals surface area contributed by atoms with E-state index in [0.29, 0.717) is 5.15 Å². The number of halogens is 1. The molecule has 0 aromatic carbocycles. The van der Waals surface area contributed by atoms with Crippen molar-refractivity contribution >= 4 is 17.4 Å². The van der Waals surface area contributed by atoms with E-state index in [1.807, 2.05) is 13.8 Å². The highest BCUT2D eigenvalue weighted by atomic mass is 35.5. The topological polar surface area (TPSA) is 79.4 Å². The highest BCUT2D eigenvalue weighted by Gasteiger charge is 2.06. The maximum atomic E-state index is 5.97. The molecule has 2 aromatic heterocycles. The molecule has 0 aliphatic heterocycles. The van der Waals surface area contributed by atoms with Crippen LogP contribution in [0.5, 0.6) is 0 Å². The third kappa shape index (κ3) is 4.17. The van der Waals surface area contributed by atoms with Crippen molar-refractivity contribution in [1.29, 1.82) is 0 Å². The van der Waals surface area contributed by atoms with Gasteiger partial charge in [-0.15, -0.1) is 0 Å². The lowest BCUT2D eigenvalue weighted by Crippen LogP contribution is -2.08. The highest BCUT2D eigenvalue weighted by Crippen LogP contribution is 2.16. The number of rotatable bonds is 6. The second kappa shape index (κ2) is 6.47. The van der Waals surface area contributed by atoms with Crippen LogP contribution in [0.25, 0.3) is 0 Å². The summed E-state index contributed by atoms with van der Waals surface area (Å²) >= 11 is 5.97. The van der Waals surface area contributed by atoms with Crippen molar-refractivity contribution in [3.05, 3.63) is 29.2 Å². The average Bonchev–Trinajstić information content (AvgIpc) is 2.87. The van der Waals surface area contributed by atoms with Crippen molar-refractivity contribution < 1.29 is 0 Å². The fourth-order valence-corrected chi connectivity index (χ4v) is 1.80. The number of aromatic nitrogens is 5. The first-order valence-electron chi connectivity index (χ1n) is 6.27. The Labute approximate surface area is 117 Å². The Hall–Kier alpha value is -1.69. The van der Waals surface area contributed by atoms with Crippen LogP contribution in [0.1, 0.15) is 37.8 Å². The minimum Gasteiger partial charge on any atom is -0.370 e. The van der Waals surface area contributed by atoms with Crippen LogP contribution < -0.4 is 5.32 Å². The Morgan fingerprint density at radius 3 is 2.89 bits per heavy atom. The molecule has 0 fully saturated rings. The van der Waals surface area contributed by atoms with Crippen molar-refractivity contribution in [3.63, 3.8) is 0 Å². The van der Waals surface area contributed by atoms with Crippen LogP contribution in [0, 0.1) is 0 Å². The molecule has 7 heteroatoms. The molecule has 0 aliphatic rings. The summed E-state index contributed by atoms with van der Waals surface area (Å²) in [4.78, 5) is 12.7. The molecule has 0 atom stereocenters. The Morgan fingerprint density at radius 1 is 1.37 bits per heavy atom. The standard InChI is InChI=1S/C12H17ClN6/c1-8(2)12-17-9(13)6-11(18-12)14-5-3-4-10-15-7-16-19-10/h6-8H,3-5H2,1-2H3,(H,14,17,18)(H,15,16,19). The number of aryl methyl sites for hydroxylation is 1. The normalized spacial score (nSPS) is 10.9. The van der Waals surface area contributed by atoms with Gasteiger partial charge >= 0.3 is 0 Å². The van der Waals surface area contributed by atoms with Crippen LogP contribution in [0.4, 0.5) is 5.82 Å². The van der Waals surface area contributed by atoms with E-state index in [4.69, 9.17) is 11.6 Å². The van der Waals surface area contributed by atoms with Gasteiger partial charge in [-0.1, -0.05) is 25.4 Å². The molecule has 6 nitrogen and oxygen atoms in total. The number of H-pyrrole nitrogens is 1. The molecule has 0 radical (unpaired) electrons. The lowest BCUT2D eigenvalue weighted by Gasteiger charge is -2.09. The van der Waals surface area contributed by atoms with Gasteiger partial charge in [-0.25, -0.2) is 15.0 Å². The molecule has 0 spiro atoms. The highest BCUT2D eigenvalue weighted by molar-refractivity contribution is 6.29. The SMILES string of the molecule is CC(C)c1nc(Cl)cc(NCCCc2ncn[nH]2)n1. The second-order valence-electron chi connectivity index (χ2n) is 4.55. The molecule has 0 saturated heterocycles. The van der Waals surface area contributed by atoms with Gasteiger partial charge < -0.3 is 5.32 Å². The van der Waals surface area contributed by atoms with Crippen LogP contribution in [0.2, 0.25) is 5.15 Å². The molecular weight excluding hydrogens is 264 g/mol. The molecule has 102 valence electrons. The third-order valence-electron chi connectivity index (χ3n) is 2.59. The quantitative estimate of drug-likeness (QED) is 0.627. The first-order valence-corrected chi connectivity index (χ1v) is 6.65. The Kier molecular flexibility index (Phi) is 4.68. The molecule has 0 amide bonds. The van der Waals surface area contributed by atoms with E-state index >= 15 is 0 Å². The number of hydrogen-bond acceptors (Lipinski definition) is 5. The zero-order valence-corrected chi connectivity index (χ0v) is 11.8. The van der Waals surface area contributed by atoms with Crippen LogP contribution in [0.3, 0.4) is 0 Å². The van der Waals surface area contributed by atoms with Crippen molar-refractivity contribution in [1.82, 2.24) is 25.1 Å². The lowest BCUT2D eigenvalue weighted by molar-refractivity contribution is 0.768. The summed E-state index contributed by atoms with van der Waals surface area (Å²) in [7, 11) is 0. The van der Waals surface area contributed by atoms with E-state index in [1.54, 1.807) is 6.07 Å². The fraction of sp³-hybridized carbons (Fsp3) is 0.500. The molecule has 0 unspecified atom stereocenters. The van der Waals surface area contributed by atoms with Gasteiger partial charge in [-0.2, -0.15) is 5.10 Å². The zero-order valence-electron chi connectivity index (χ0n) is 11.0. The van der Waals surface area contributed by atoms with Gasteiger partial charge in [0.1, 0.15) is 28.9 Å². The summed E-state index contributed by atoms with van der Waals surface area (Å²) in [5.74, 6) is 2.67. The summed E-state index contributed by atoms with van der Waals surface area (Å²) in [5.41, 5.74) is 0. The van der Waals surface area contributed by atoms with Gasteiger partial charge in [0.15, 0.2) is 0 Å². The van der Waals surface area contributed by atoms with Crippen molar-refractivity contribution in [2.75, 3.05) is 11.9 Å². The fourth-order valence-electron chi connectivity index (χ4n) is 1.61. The average molecular weight is 281 g/mol. The van der Waals surface area contributed by atoms with Crippen molar-refractivity contribution in [2.45, 2.75) is 32.6 Å². The molecular formula is C12H17ClN6. The molecule has 0 aliphatic carbocycles. The summed E-state index contributed by atoms with van der Waals surface area (Å²) < 4.78 is 0. The van der Waals surface area contributed by atoms with Crippen molar-refractivity contribution in [3.8, 4) is 0 Å². The van der Waals surface area contributed by atoms with Crippen LogP contribution in [-0.2, 0) is 6.42 Å². The van der Waals surface area contributed by atoms with Gasteiger partial charge in [0.05, 0.1) is 0 Å². The minimum absolute atomic E-state index is 0.258. The van der Waals surface area contributed by atoms with Crippen molar-refractivity contribution in [2.24, 2.45) is 0 Å². The Morgan fingerprint density at radius 2 is 2.21 bits per heavy atom. The number of nitrogens with zero attached hydrogens (tertiary/aromatic N) is 4. The number of nitrogens with one attached hydrogen (secondary N) is 2. The van der Waals surface area contributed by atoms with E-state index < -0.39 is 0 Å². The minimum atomic E-state index is 0.258. The number of hydrogen-bond donors (Lipinski definition) is 2. The first kappa shape index (κ1) is 13.7. The first-order chi connectivity index (χ1) is 9.15. The summed E-state index contributed by atoms with van der Waals surface area (Å²) in [6, 6.07) is 1.74. The molecule has 2 heterocycles. The predicted molar refractivity (Wildman–Crippen MR) is 74.3 cm³/mol. The second-order valence-corrected chi connectivity index (χ2v) is 4.94. The smallest absolute Gasteiger partial charge is 0.137 e. The monoisotopic (exact) mass is 280 g/mol. The Balaban J connectivity index is 1.85. The summed E-state index contributed by atoms with van der Waals surface area (Å²) in [5, 5.41) is 10.4. The van der Waals surface area contributed by atoms with E-state index in [9.17, 15) is 0 Å². The maximum absolute atomic E-state index is 5.97. The van der Waals surface area contributed by atoms with Gasteiger partial charge in [0, 0.05) is 24.9 Å². The van der Waals surface area contributed by atoms with Gasteiger partial charge in [0.25, 0.3) is 0 Å². The van der Waals surface area contributed by atoms with E-state index in [0.717, 1.165) is 36.9 Å². The Bertz CT molecular complexity index is 511. The van der Waals surface area contributed by atoms with E-state index in [-0.39, 0.29) is 5.92 Å².